The largest absolute Gasteiger partial charge is 0.457 e. The second-order valence-electron chi connectivity index (χ2n) is 3.89. The predicted molar refractivity (Wildman–Crippen MR) is 76.3 cm³/mol. The summed E-state index contributed by atoms with van der Waals surface area (Å²) < 4.78 is 6.78. The molecule has 0 radical (unpaired) electrons. The van der Waals surface area contributed by atoms with Crippen molar-refractivity contribution in [2.45, 2.75) is 13.5 Å². The van der Waals surface area contributed by atoms with Crippen molar-refractivity contribution >= 4 is 27.5 Å². The number of ether oxygens (including phenoxy) is 1. The van der Waals surface area contributed by atoms with Gasteiger partial charge in [-0.1, -0.05) is 33.6 Å². The summed E-state index contributed by atoms with van der Waals surface area (Å²) in [6.07, 6.45) is 0. The number of rotatable bonds is 3. The van der Waals surface area contributed by atoms with Gasteiger partial charge in [0.1, 0.15) is 11.5 Å². The lowest BCUT2D eigenvalue weighted by atomic mass is 10.2. The maximum Gasteiger partial charge on any atom is 0.134 e. The van der Waals surface area contributed by atoms with E-state index in [1.54, 1.807) is 18.2 Å². The molecule has 0 atom stereocenters. The van der Waals surface area contributed by atoms with Crippen LogP contribution < -0.4 is 4.74 Å². The van der Waals surface area contributed by atoms with Gasteiger partial charge in [0.05, 0.1) is 6.61 Å². The maximum atomic E-state index is 9.30. The summed E-state index contributed by atoms with van der Waals surface area (Å²) in [4.78, 5) is 0. The first-order valence-electron chi connectivity index (χ1n) is 5.44. The second-order valence-corrected chi connectivity index (χ2v) is 5.15. The van der Waals surface area contributed by atoms with Crippen molar-refractivity contribution in [2.75, 3.05) is 0 Å². The fourth-order valence-electron chi connectivity index (χ4n) is 1.60. The van der Waals surface area contributed by atoms with Crippen LogP contribution in [0.25, 0.3) is 0 Å². The van der Waals surface area contributed by atoms with Gasteiger partial charge in [-0.05, 0) is 42.8 Å². The van der Waals surface area contributed by atoms with Crippen LogP contribution in [0.15, 0.2) is 40.9 Å². The number of hydrogen-bond donors (Lipinski definition) is 1. The highest BCUT2D eigenvalue weighted by Gasteiger charge is 2.08. The van der Waals surface area contributed by atoms with E-state index in [0.717, 1.165) is 10.0 Å². The molecule has 18 heavy (non-hydrogen) atoms. The molecule has 0 fully saturated rings. The molecule has 2 aromatic carbocycles. The van der Waals surface area contributed by atoms with Gasteiger partial charge in [-0.2, -0.15) is 0 Å². The van der Waals surface area contributed by atoms with Gasteiger partial charge in [0.25, 0.3) is 0 Å². The number of benzene rings is 2. The van der Waals surface area contributed by atoms with Gasteiger partial charge < -0.3 is 9.84 Å². The van der Waals surface area contributed by atoms with Crippen LogP contribution in [0.4, 0.5) is 0 Å². The molecule has 2 rings (SSSR count). The highest BCUT2D eigenvalue weighted by Crippen LogP contribution is 2.31. The van der Waals surface area contributed by atoms with E-state index in [9.17, 15) is 5.11 Å². The molecule has 0 spiro atoms. The van der Waals surface area contributed by atoms with Crippen LogP contribution >= 0.6 is 27.5 Å². The molecular weight excluding hydrogens is 316 g/mol. The van der Waals surface area contributed by atoms with E-state index in [-0.39, 0.29) is 6.61 Å². The Morgan fingerprint density at radius 2 is 2.06 bits per heavy atom. The summed E-state index contributed by atoms with van der Waals surface area (Å²) in [7, 11) is 0. The molecule has 0 aliphatic heterocycles. The summed E-state index contributed by atoms with van der Waals surface area (Å²) in [6, 6.07) is 11.0. The van der Waals surface area contributed by atoms with E-state index in [0.29, 0.717) is 22.1 Å². The second kappa shape index (κ2) is 5.74. The van der Waals surface area contributed by atoms with Crippen molar-refractivity contribution < 1.29 is 9.84 Å². The molecule has 2 nitrogen and oxygen atoms in total. The number of halogens is 2. The molecule has 2 aromatic rings. The number of hydrogen-bond acceptors (Lipinski definition) is 2. The topological polar surface area (TPSA) is 29.5 Å². The normalized spacial score (nSPS) is 10.4. The Hall–Kier alpha value is -1.03. The Morgan fingerprint density at radius 1 is 1.28 bits per heavy atom. The molecule has 0 heterocycles. The van der Waals surface area contributed by atoms with Crippen LogP contribution in [-0.2, 0) is 6.61 Å². The fraction of sp³-hybridized carbons (Fsp3) is 0.143. The minimum Gasteiger partial charge on any atom is -0.457 e. The first kappa shape index (κ1) is 13.4. The molecule has 0 aliphatic carbocycles. The highest BCUT2D eigenvalue weighted by atomic mass is 79.9. The highest BCUT2D eigenvalue weighted by molar-refractivity contribution is 9.10. The average molecular weight is 328 g/mol. The molecule has 0 saturated carbocycles. The zero-order valence-electron chi connectivity index (χ0n) is 9.78. The lowest BCUT2D eigenvalue weighted by Gasteiger charge is -2.11. The van der Waals surface area contributed by atoms with E-state index in [1.807, 2.05) is 25.1 Å². The molecule has 94 valence electrons. The van der Waals surface area contributed by atoms with Gasteiger partial charge in [-0.15, -0.1) is 0 Å². The van der Waals surface area contributed by atoms with Crippen molar-refractivity contribution in [1.29, 1.82) is 0 Å². The third kappa shape index (κ3) is 2.86. The van der Waals surface area contributed by atoms with Gasteiger partial charge >= 0.3 is 0 Å². The SMILES string of the molecule is Cc1cc(Oc2cccc(Cl)c2CO)ccc1Br. The van der Waals surface area contributed by atoms with Crippen LogP contribution in [0.5, 0.6) is 11.5 Å². The fourth-order valence-corrected chi connectivity index (χ4v) is 2.07. The molecule has 0 amide bonds. The van der Waals surface area contributed by atoms with Gasteiger partial charge in [0.15, 0.2) is 0 Å². The molecular formula is C14H12BrClO2. The third-order valence-electron chi connectivity index (χ3n) is 2.59. The van der Waals surface area contributed by atoms with E-state index in [2.05, 4.69) is 15.9 Å². The van der Waals surface area contributed by atoms with Crippen molar-refractivity contribution in [3.05, 3.63) is 57.0 Å². The van der Waals surface area contributed by atoms with Crippen molar-refractivity contribution in [1.82, 2.24) is 0 Å². The first-order valence-corrected chi connectivity index (χ1v) is 6.61. The molecule has 4 heteroatoms. The minimum atomic E-state index is -0.148. The summed E-state index contributed by atoms with van der Waals surface area (Å²) in [5, 5.41) is 9.81. The first-order chi connectivity index (χ1) is 8.61. The number of aliphatic hydroxyl groups is 1. The maximum absolute atomic E-state index is 9.30. The van der Waals surface area contributed by atoms with Crippen LogP contribution in [0.3, 0.4) is 0 Å². The van der Waals surface area contributed by atoms with Crippen molar-refractivity contribution in [3.63, 3.8) is 0 Å². The van der Waals surface area contributed by atoms with Crippen molar-refractivity contribution in [3.8, 4) is 11.5 Å². The van der Waals surface area contributed by atoms with Crippen LogP contribution in [0.1, 0.15) is 11.1 Å². The zero-order valence-corrected chi connectivity index (χ0v) is 12.1. The number of aryl methyl sites for hydroxylation is 1. The molecule has 0 unspecified atom stereocenters. The Balaban J connectivity index is 2.34. The van der Waals surface area contributed by atoms with E-state index >= 15 is 0 Å². The summed E-state index contributed by atoms with van der Waals surface area (Å²) in [5.41, 5.74) is 1.68. The van der Waals surface area contributed by atoms with Gasteiger partial charge in [-0.25, -0.2) is 0 Å². The molecule has 0 aliphatic rings. The monoisotopic (exact) mass is 326 g/mol. The molecule has 0 bridgehead atoms. The van der Waals surface area contributed by atoms with Gasteiger partial charge in [0.2, 0.25) is 0 Å². The smallest absolute Gasteiger partial charge is 0.134 e. The molecule has 0 aromatic heterocycles. The van der Waals surface area contributed by atoms with E-state index in [4.69, 9.17) is 16.3 Å². The molecule has 0 saturated heterocycles. The minimum absolute atomic E-state index is 0.148. The predicted octanol–water partition coefficient (Wildman–Crippen LogP) is 4.70. The van der Waals surface area contributed by atoms with Gasteiger partial charge in [0, 0.05) is 15.1 Å². The van der Waals surface area contributed by atoms with Crippen LogP contribution in [-0.4, -0.2) is 5.11 Å². The Bertz CT molecular complexity index is 570. The average Bonchev–Trinajstić information content (AvgIpc) is 2.34. The summed E-state index contributed by atoms with van der Waals surface area (Å²) >= 11 is 9.44. The Morgan fingerprint density at radius 3 is 2.72 bits per heavy atom. The van der Waals surface area contributed by atoms with E-state index < -0.39 is 0 Å². The van der Waals surface area contributed by atoms with E-state index in [1.165, 1.54) is 0 Å². The standard InChI is InChI=1S/C14H12BrClO2/c1-9-7-10(5-6-12(9)15)18-14-4-2-3-13(16)11(14)8-17/h2-7,17H,8H2,1H3. The van der Waals surface area contributed by atoms with Crippen LogP contribution in [0.2, 0.25) is 5.02 Å². The zero-order chi connectivity index (χ0) is 13.1. The lowest BCUT2D eigenvalue weighted by Crippen LogP contribution is -1.93. The van der Waals surface area contributed by atoms with Crippen LogP contribution in [0, 0.1) is 6.92 Å². The quantitative estimate of drug-likeness (QED) is 0.885. The lowest BCUT2D eigenvalue weighted by molar-refractivity contribution is 0.276. The Kier molecular flexibility index (Phi) is 4.27. The number of aliphatic hydroxyl groups excluding tert-OH is 1. The third-order valence-corrected chi connectivity index (χ3v) is 3.84. The Labute approximate surface area is 119 Å². The van der Waals surface area contributed by atoms with Crippen molar-refractivity contribution in [2.24, 2.45) is 0 Å². The molecule has 1 N–H and O–H groups in total. The summed E-state index contributed by atoms with van der Waals surface area (Å²) in [5.74, 6) is 1.29. The summed E-state index contributed by atoms with van der Waals surface area (Å²) in [6.45, 7) is 1.84. The van der Waals surface area contributed by atoms with Gasteiger partial charge in [-0.3, -0.25) is 0 Å².